The van der Waals surface area contributed by atoms with Gasteiger partial charge in [-0.2, -0.15) is 0 Å². The molecule has 11 heavy (non-hydrogen) atoms. The Bertz CT molecular complexity index is 341. The fraction of sp³-hybridized carbons (Fsp3) is 0.333. The lowest BCUT2D eigenvalue weighted by atomic mass is 10.6. The van der Waals surface area contributed by atoms with Gasteiger partial charge in [-0.25, -0.2) is 0 Å². The molecule has 0 saturated carbocycles. The summed E-state index contributed by atoms with van der Waals surface area (Å²) in [5.41, 5.74) is -0.146. The first kappa shape index (κ1) is 8.55. The third-order valence-electron chi connectivity index (χ3n) is 1.17. The Hall–Kier alpha value is -0.550. The molecule has 1 aromatic heterocycles. The summed E-state index contributed by atoms with van der Waals surface area (Å²) in [6.07, 6.45) is 3.67. The standard InChI is InChI=1S/C6H8N2OS2/c1-11-4-8-3-2-5(9)7-6(8)10/h2-3H,4H2,1H3,(H,7,9,10). The molecule has 1 rings (SSSR count). The van der Waals surface area contributed by atoms with Crippen LogP contribution in [-0.2, 0) is 5.88 Å². The monoisotopic (exact) mass is 188 g/mol. The SMILES string of the molecule is CSCn1ccc(=O)[nH]c1=S. The molecular formula is C6H8N2OS2. The van der Waals surface area contributed by atoms with E-state index in [4.69, 9.17) is 12.2 Å². The maximum absolute atomic E-state index is 10.7. The number of rotatable bonds is 2. The van der Waals surface area contributed by atoms with Gasteiger partial charge < -0.3 is 4.57 Å². The highest BCUT2D eigenvalue weighted by Gasteiger charge is 1.89. The predicted molar refractivity (Wildman–Crippen MR) is 49.4 cm³/mol. The first-order valence-corrected chi connectivity index (χ1v) is 4.83. The summed E-state index contributed by atoms with van der Waals surface area (Å²) in [7, 11) is 0. The lowest BCUT2D eigenvalue weighted by Gasteiger charge is -2.01. The van der Waals surface area contributed by atoms with E-state index in [2.05, 4.69) is 4.98 Å². The lowest BCUT2D eigenvalue weighted by Crippen LogP contribution is -2.09. The number of H-pyrrole nitrogens is 1. The van der Waals surface area contributed by atoms with Crippen molar-refractivity contribution < 1.29 is 0 Å². The Labute approximate surface area is 73.5 Å². The van der Waals surface area contributed by atoms with Gasteiger partial charge in [0.2, 0.25) is 0 Å². The second kappa shape index (κ2) is 3.73. The Morgan fingerprint density at radius 3 is 3.09 bits per heavy atom. The number of hydrogen-bond acceptors (Lipinski definition) is 3. The van der Waals surface area contributed by atoms with E-state index < -0.39 is 0 Å². The lowest BCUT2D eigenvalue weighted by molar-refractivity contribution is 0.816. The Kier molecular flexibility index (Phi) is 2.90. The summed E-state index contributed by atoms with van der Waals surface area (Å²) in [6, 6.07) is 1.46. The van der Waals surface area contributed by atoms with Crippen molar-refractivity contribution in [1.82, 2.24) is 9.55 Å². The van der Waals surface area contributed by atoms with Gasteiger partial charge in [0.25, 0.3) is 5.56 Å². The van der Waals surface area contributed by atoms with Crippen LogP contribution in [0.1, 0.15) is 0 Å². The zero-order valence-corrected chi connectivity index (χ0v) is 7.67. The first-order valence-electron chi connectivity index (χ1n) is 3.03. The molecule has 0 saturated heterocycles. The van der Waals surface area contributed by atoms with Crippen LogP contribution in [0.25, 0.3) is 0 Å². The Morgan fingerprint density at radius 2 is 2.55 bits per heavy atom. The topological polar surface area (TPSA) is 37.8 Å². The second-order valence-corrected chi connectivity index (χ2v) is 3.22. The van der Waals surface area contributed by atoms with Crippen molar-refractivity contribution in [2.24, 2.45) is 0 Å². The zero-order valence-electron chi connectivity index (χ0n) is 6.03. The summed E-state index contributed by atoms with van der Waals surface area (Å²) in [4.78, 5) is 13.2. The van der Waals surface area contributed by atoms with Gasteiger partial charge in [0.1, 0.15) is 0 Å². The van der Waals surface area contributed by atoms with E-state index in [0.29, 0.717) is 4.77 Å². The molecule has 1 N–H and O–H groups in total. The normalized spacial score (nSPS) is 9.91. The predicted octanol–water partition coefficient (Wildman–Crippen LogP) is 1.23. The molecule has 0 aromatic carbocycles. The van der Waals surface area contributed by atoms with E-state index in [1.165, 1.54) is 6.07 Å². The molecule has 3 nitrogen and oxygen atoms in total. The Morgan fingerprint density at radius 1 is 1.82 bits per heavy atom. The highest BCUT2D eigenvalue weighted by molar-refractivity contribution is 7.97. The van der Waals surface area contributed by atoms with Crippen LogP contribution in [0.4, 0.5) is 0 Å². The van der Waals surface area contributed by atoms with E-state index >= 15 is 0 Å². The van der Waals surface area contributed by atoms with Crippen molar-refractivity contribution in [2.45, 2.75) is 5.88 Å². The minimum atomic E-state index is -0.146. The third-order valence-corrected chi connectivity index (χ3v) is 2.04. The van der Waals surface area contributed by atoms with E-state index in [-0.39, 0.29) is 5.56 Å². The average Bonchev–Trinajstić information content (AvgIpc) is 1.95. The smallest absolute Gasteiger partial charge is 0.251 e. The fourth-order valence-corrected chi connectivity index (χ4v) is 1.49. The molecule has 0 aliphatic rings. The van der Waals surface area contributed by atoms with E-state index in [0.717, 1.165) is 5.88 Å². The molecular weight excluding hydrogens is 180 g/mol. The number of nitrogens with zero attached hydrogens (tertiary/aromatic N) is 1. The van der Waals surface area contributed by atoms with Crippen molar-refractivity contribution in [2.75, 3.05) is 6.26 Å². The van der Waals surface area contributed by atoms with Gasteiger partial charge in [-0.3, -0.25) is 9.78 Å². The van der Waals surface area contributed by atoms with E-state index in [1.807, 2.05) is 6.26 Å². The van der Waals surface area contributed by atoms with Gasteiger partial charge in [0, 0.05) is 12.3 Å². The maximum atomic E-state index is 10.7. The minimum absolute atomic E-state index is 0.146. The molecule has 60 valence electrons. The molecule has 0 bridgehead atoms. The summed E-state index contributed by atoms with van der Waals surface area (Å²) in [5, 5.41) is 0. The molecule has 1 heterocycles. The zero-order chi connectivity index (χ0) is 8.27. The van der Waals surface area contributed by atoms with E-state index in [1.54, 1.807) is 22.5 Å². The van der Waals surface area contributed by atoms with Gasteiger partial charge in [-0.15, -0.1) is 11.8 Å². The third kappa shape index (κ3) is 2.20. The van der Waals surface area contributed by atoms with Crippen molar-refractivity contribution in [3.05, 3.63) is 27.4 Å². The van der Waals surface area contributed by atoms with Crippen LogP contribution in [0, 0.1) is 4.77 Å². The second-order valence-electron chi connectivity index (χ2n) is 2.00. The van der Waals surface area contributed by atoms with Gasteiger partial charge in [-0.1, -0.05) is 0 Å². The fourth-order valence-electron chi connectivity index (χ4n) is 0.685. The largest absolute Gasteiger partial charge is 0.315 e. The van der Waals surface area contributed by atoms with Crippen molar-refractivity contribution in [1.29, 1.82) is 0 Å². The van der Waals surface area contributed by atoms with Gasteiger partial charge >= 0.3 is 0 Å². The molecule has 0 atom stereocenters. The van der Waals surface area contributed by atoms with Crippen molar-refractivity contribution >= 4 is 24.0 Å². The molecule has 0 fully saturated rings. The first-order chi connectivity index (χ1) is 5.24. The Balaban J connectivity index is 3.10. The van der Waals surface area contributed by atoms with Crippen molar-refractivity contribution in [3.8, 4) is 0 Å². The molecule has 0 amide bonds. The summed E-state index contributed by atoms with van der Waals surface area (Å²) >= 11 is 6.55. The summed E-state index contributed by atoms with van der Waals surface area (Å²) in [5.74, 6) is 0.773. The molecule has 1 aromatic rings. The number of thioether (sulfide) groups is 1. The van der Waals surface area contributed by atoms with Crippen LogP contribution < -0.4 is 5.56 Å². The van der Waals surface area contributed by atoms with Crippen LogP contribution in [0.2, 0.25) is 0 Å². The summed E-state index contributed by atoms with van der Waals surface area (Å²) < 4.78 is 2.29. The average molecular weight is 188 g/mol. The molecule has 0 spiro atoms. The number of nitrogens with one attached hydrogen (secondary N) is 1. The van der Waals surface area contributed by atoms with E-state index in [9.17, 15) is 4.79 Å². The highest BCUT2D eigenvalue weighted by atomic mass is 32.2. The molecule has 0 aliphatic heterocycles. The van der Waals surface area contributed by atoms with Crippen LogP contribution in [0.3, 0.4) is 0 Å². The maximum Gasteiger partial charge on any atom is 0.251 e. The van der Waals surface area contributed by atoms with Gasteiger partial charge in [-0.05, 0) is 18.5 Å². The van der Waals surface area contributed by atoms with Crippen LogP contribution in [0.15, 0.2) is 17.1 Å². The quantitative estimate of drug-likeness (QED) is 0.709. The van der Waals surface area contributed by atoms with Crippen LogP contribution in [0.5, 0.6) is 0 Å². The van der Waals surface area contributed by atoms with Gasteiger partial charge in [0.05, 0.1) is 5.88 Å². The molecule has 0 unspecified atom stereocenters. The van der Waals surface area contributed by atoms with Crippen LogP contribution in [-0.4, -0.2) is 15.8 Å². The molecule has 0 radical (unpaired) electrons. The molecule has 5 heteroatoms. The molecule has 0 aliphatic carbocycles. The number of aromatic nitrogens is 2. The van der Waals surface area contributed by atoms with Crippen molar-refractivity contribution in [3.63, 3.8) is 0 Å². The minimum Gasteiger partial charge on any atom is -0.315 e. The number of hydrogen-bond donors (Lipinski definition) is 1. The summed E-state index contributed by atoms with van der Waals surface area (Å²) in [6.45, 7) is 0. The number of aromatic amines is 1. The van der Waals surface area contributed by atoms with Gasteiger partial charge in [0.15, 0.2) is 4.77 Å². The highest BCUT2D eigenvalue weighted by Crippen LogP contribution is 1.97. The van der Waals surface area contributed by atoms with Crippen LogP contribution >= 0.6 is 24.0 Å².